The molecule has 30 heavy (non-hydrogen) atoms. The SMILES string of the molecule is CN=C(NCCN1C(=O)C2C3C=CC(C3)C2C1=O)NCC(C)N1CCCCC1C.I. The van der Waals surface area contributed by atoms with Crippen LogP contribution in [0.25, 0.3) is 0 Å². The lowest BCUT2D eigenvalue weighted by Crippen LogP contribution is -2.51. The maximum atomic E-state index is 12.7. The predicted molar refractivity (Wildman–Crippen MR) is 129 cm³/mol. The molecule has 4 aliphatic rings. The van der Waals surface area contributed by atoms with Crippen LogP contribution in [0.5, 0.6) is 0 Å². The van der Waals surface area contributed by atoms with Gasteiger partial charge in [0.1, 0.15) is 0 Å². The number of halogens is 1. The molecule has 0 aromatic heterocycles. The molecule has 2 amide bonds. The smallest absolute Gasteiger partial charge is 0.233 e. The van der Waals surface area contributed by atoms with E-state index in [0.717, 1.165) is 25.5 Å². The van der Waals surface area contributed by atoms with E-state index in [2.05, 4.69) is 46.5 Å². The van der Waals surface area contributed by atoms with Crippen molar-refractivity contribution in [1.29, 1.82) is 0 Å². The van der Waals surface area contributed by atoms with Gasteiger partial charge in [0.2, 0.25) is 11.8 Å². The number of aliphatic imine (C=N–C) groups is 1. The van der Waals surface area contributed by atoms with Crippen molar-refractivity contribution < 1.29 is 9.59 Å². The predicted octanol–water partition coefficient (Wildman–Crippen LogP) is 1.84. The van der Waals surface area contributed by atoms with E-state index in [0.29, 0.717) is 25.2 Å². The van der Waals surface area contributed by atoms with E-state index >= 15 is 0 Å². The van der Waals surface area contributed by atoms with E-state index in [-0.39, 0.29) is 59.5 Å². The Morgan fingerprint density at radius 2 is 1.83 bits per heavy atom. The highest BCUT2D eigenvalue weighted by atomic mass is 127. The molecule has 4 rings (SSSR count). The largest absolute Gasteiger partial charge is 0.355 e. The van der Waals surface area contributed by atoms with Crippen molar-refractivity contribution in [2.45, 2.75) is 51.6 Å². The minimum atomic E-state index is -0.109. The minimum Gasteiger partial charge on any atom is -0.355 e. The Morgan fingerprint density at radius 1 is 1.17 bits per heavy atom. The van der Waals surface area contributed by atoms with Gasteiger partial charge in [-0.15, -0.1) is 24.0 Å². The van der Waals surface area contributed by atoms with Crippen molar-refractivity contribution in [3.8, 4) is 0 Å². The second kappa shape index (κ2) is 9.97. The number of fused-ring (bicyclic) bond motifs is 5. The summed E-state index contributed by atoms with van der Waals surface area (Å²) in [5.41, 5.74) is 0. The zero-order valence-corrected chi connectivity index (χ0v) is 20.7. The molecule has 0 radical (unpaired) electrons. The number of carbonyl (C=O) groups excluding carboxylic acids is 2. The summed E-state index contributed by atoms with van der Waals surface area (Å²) in [6.45, 7) is 7.48. The molecular weight excluding hydrogens is 493 g/mol. The second-order valence-electron chi connectivity index (χ2n) is 9.14. The maximum absolute atomic E-state index is 12.7. The third-order valence-electron chi connectivity index (χ3n) is 7.40. The molecule has 3 fully saturated rings. The summed E-state index contributed by atoms with van der Waals surface area (Å²) in [6, 6.07) is 1.07. The lowest BCUT2D eigenvalue weighted by Gasteiger charge is -2.38. The third-order valence-corrected chi connectivity index (χ3v) is 7.40. The molecule has 2 saturated heterocycles. The van der Waals surface area contributed by atoms with Gasteiger partial charge >= 0.3 is 0 Å². The van der Waals surface area contributed by atoms with Crippen LogP contribution in [0.4, 0.5) is 0 Å². The van der Waals surface area contributed by atoms with E-state index in [9.17, 15) is 9.59 Å². The monoisotopic (exact) mass is 529 g/mol. The summed E-state index contributed by atoms with van der Waals surface area (Å²) in [6.07, 6.45) is 9.12. The van der Waals surface area contributed by atoms with Gasteiger partial charge in [-0.1, -0.05) is 18.6 Å². The van der Waals surface area contributed by atoms with Gasteiger partial charge in [-0.2, -0.15) is 0 Å². The molecule has 8 heteroatoms. The zero-order chi connectivity index (χ0) is 20.5. The molecule has 2 bridgehead atoms. The van der Waals surface area contributed by atoms with Gasteiger partial charge < -0.3 is 10.6 Å². The topological polar surface area (TPSA) is 77.0 Å². The number of imide groups is 1. The first kappa shape index (κ1) is 23.5. The van der Waals surface area contributed by atoms with Crippen molar-refractivity contribution in [1.82, 2.24) is 20.4 Å². The van der Waals surface area contributed by atoms with Crippen molar-refractivity contribution in [3.63, 3.8) is 0 Å². The fourth-order valence-corrected chi connectivity index (χ4v) is 5.83. The highest BCUT2D eigenvalue weighted by Crippen LogP contribution is 2.52. The van der Waals surface area contributed by atoms with Crippen LogP contribution in [0.1, 0.15) is 39.5 Å². The Balaban J connectivity index is 0.00000256. The number of nitrogens with zero attached hydrogens (tertiary/aromatic N) is 3. The summed E-state index contributed by atoms with van der Waals surface area (Å²) in [7, 11) is 1.75. The summed E-state index contributed by atoms with van der Waals surface area (Å²) in [5.74, 6) is 1.09. The molecule has 2 heterocycles. The van der Waals surface area contributed by atoms with Crippen LogP contribution in [-0.2, 0) is 9.59 Å². The molecule has 1 saturated carbocycles. The fraction of sp³-hybridized carbons (Fsp3) is 0.773. The number of likely N-dealkylation sites (tertiary alicyclic amines) is 2. The average molecular weight is 529 g/mol. The highest BCUT2D eigenvalue weighted by molar-refractivity contribution is 14.0. The van der Waals surface area contributed by atoms with Crippen LogP contribution in [-0.4, -0.2) is 72.9 Å². The van der Waals surface area contributed by atoms with Crippen LogP contribution in [0.2, 0.25) is 0 Å². The summed E-state index contributed by atoms with van der Waals surface area (Å²) in [5, 5.41) is 6.67. The summed E-state index contributed by atoms with van der Waals surface area (Å²) < 4.78 is 0. The van der Waals surface area contributed by atoms with Crippen molar-refractivity contribution in [3.05, 3.63) is 12.2 Å². The molecule has 0 spiro atoms. The van der Waals surface area contributed by atoms with E-state index < -0.39 is 0 Å². The molecule has 0 aromatic carbocycles. The zero-order valence-electron chi connectivity index (χ0n) is 18.3. The Morgan fingerprint density at radius 3 is 2.43 bits per heavy atom. The third kappa shape index (κ3) is 4.40. The number of hydrogen-bond acceptors (Lipinski definition) is 4. The van der Waals surface area contributed by atoms with Crippen molar-refractivity contribution >= 4 is 41.8 Å². The number of nitrogens with one attached hydrogen (secondary N) is 2. The Labute approximate surface area is 197 Å². The van der Waals surface area contributed by atoms with Gasteiger partial charge in [-0.25, -0.2) is 0 Å². The molecule has 168 valence electrons. The van der Waals surface area contributed by atoms with Gasteiger partial charge in [0, 0.05) is 38.8 Å². The number of hydrogen-bond donors (Lipinski definition) is 2. The van der Waals surface area contributed by atoms with Crippen molar-refractivity contribution in [2.75, 3.05) is 33.2 Å². The number of piperidine rings is 1. The first-order chi connectivity index (χ1) is 14.0. The van der Waals surface area contributed by atoms with E-state index in [4.69, 9.17) is 0 Å². The van der Waals surface area contributed by atoms with Crippen molar-refractivity contribution in [2.24, 2.45) is 28.7 Å². The molecule has 7 nitrogen and oxygen atoms in total. The van der Waals surface area contributed by atoms with E-state index in [1.54, 1.807) is 7.05 Å². The van der Waals surface area contributed by atoms with Gasteiger partial charge in [-0.05, 0) is 51.5 Å². The lowest BCUT2D eigenvalue weighted by molar-refractivity contribution is -0.140. The number of allylic oxidation sites excluding steroid dienone is 2. The van der Waals surface area contributed by atoms with E-state index in [1.807, 2.05) is 0 Å². The molecule has 6 atom stereocenters. The van der Waals surface area contributed by atoms with Crippen LogP contribution >= 0.6 is 24.0 Å². The van der Waals surface area contributed by atoms with Gasteiger partial charge in [0.05, 0.1) is 11.8 Å². The molecule has 6 unspecified atom stereocenters. The second-order valence-corrected chi connectivity index (χ2v) is 9.14. The van der Waals surface area contributed by atoms with Crippen LogP contribution < -0.4 is 10.6 Å². The Kier molecular flexibility index (Phi) is 7.81. The number of rotatable bonds is 6. The first-order valence-corrected chi connectivity index (χ1v) is 11.2. The summed E-state index contributed by atoms with van der Waals surface area (Å²) >= 11 is 0. The molecular formula is C22H36IN5O2. The maximum Gasteiger partial charge on any atom is 0.233 e. The Hall–Kier alpha value is -1.16. The first-order valence-electron chi connectivity index (χ1n) is 11.2. The molecule has 2 aliphatic carbocycles. The quantitative estimate of drug-likeness (QED) is 0.181. The lowest BCUT2D eigenvalue weighted by atomic mass is 9.85. The molecule has 2 aliphatic heterocycles. The Bertz CT molecular complexity index is 682. The van der Waals surface area contributed by atoms with Crippen LogP contribution in [0.3, 0.4) is 0 Å². The fourth-order valence-electron chi connectivity index (χ4n) is 5.83. The molecule has 0 aromatic rings. The number of amides is 2. The van der Waals surface area contributed by atoms with Crippen LogP contribution in [0, 0.1) is 23.7 Å². The average Bonchev–Trinajstić information content (AvgIpc) is 3.40. The minimum absolute atomic E-state index is 0. The number of guanidine groups is 1. The van der Waals surface area contributed by atoms with Crippen LogP contribution in [0.15, 0.2) is 17.1 Å². The summed E-state index contributed by atoms with van der Waals surface area (Å²) in [4.78, 5) is 33.8. The van der Waals surface area contributed by atoms with E-state index in [1.165, 1.54) is 24.2 Å². The van der Waals surface area contributed by atoms with Gasteiger partial charge in [0.25, 0.3) is 0 Å². The van der Waals surface area contributed by atoms with Gasteiger partial charge in [-0.3, -0.25) is 24.4 Å². The highest BCUT2D eigenvalue weighted by Gasteiger charge is 2.58. The van der Waals surface area contributed by atoms with Gasteiger partial charge in [0.15, 0.2) is 5.96 Å². The standard InChI is InChI=1S/C22H35N5O2.HI/c1-14-6-4-5-10-26(14)15(2)13-25-22(23-3)24-9-11-27-20(28)18-16-7-8-17(12-16)19(18)21(27)29;/h7-8,14-19H,4-6,9-13H2,1-3H3,(H2,23,24,25);1H. The molecule has 2 N–H and O–H groups in total. The number of carbonyl (C=O) groups is 2. The normalized spacial score (nSPS) is 34.2.